The predicted molar refractivity (Wildman–Crippen MR) is 82.3 cm³/mol. The Morgan fingerprint density at radius 3 is 2.55 bits per heavy atom. The number of nitrogens with zero attached hydrogens (tertiary/aromatic N) is 1. The Morgan fingerprint density at radius 2 is 1.86 bits per heavy atom. The number of aryl methyl sites for hydroxylation is 1. The predicted octanol–water partition coefficient (Wildman–Crippen LogP) is 3.24. The summed E-state index contributed by atoms with van der Waals surface area (Å²) in [6.07, 6.45) is 0.920. The molecule has 2 aromatic carbocycles. The van der Waals surface area contributed by atoms with E-state index in [1.54, 1.807) is 25.3 Å². The van der Waals surface area contributed by atoms with Crippen molar-refractivity contribution in [3.8, 4) is 11.8 Å². The lowest BCUT2D eigenvalue weighted by Gasteiger charge is -2.07. The van der Waals surface area contributed by atoms with Crippen molar-refractivity contribution in [3.05, 3.63) is 65.2 Å². The minimum absolute atomic E-state index is 0.130. The molecule has 0 heterocycles. The SMILES string of the molecule is COc1ccc(CCC(=O)OCc2ccccc2C#N)cc1. The second-order valence-corrected chi connectivity index (χ2v) is 4.78. The third kappa shape index (κ3) is 4.35. The monoisotopic (exact) mass is 295 g/mol. The van der Waals surface area contributed by atoms with Crippen molar-refractivity contribution in [2.45, 2.75) is 19.4 Å². The largest absolute Gasteiger partial charge is 0.497 e. The molecule has 0 aliphatic heterocycles. The number of carbonyl (C=O) groups is 1. The summed E-state index contributed by atoms with van der Waals surface area (Å²) in [5.41, 5.74) is 2.31. The van der Waals surface area contributed by atoms with Gasteiger partial charge in [0.25, 0.3) is 0 Å². The van der Waals surface area contributed by atoms with Gasteiger partial charge in [0, 0.05) is 12.0 Å². The van der Waals surface area contributed by atoms with Crippen molar-refractivity contribution in [1.29, 1.82) is 5.26 Å². The van der Waals surface area contributed by atoms with E-state index in [1.165, 1.54) is 0 Å². The molecule has 0 N–H and O–H groups in total. The number of hydrogen-bond donors (Lipinski definition) is 0. The summed E-state index contributed by atoms with van der Waals surface area (Å²) in [5.74, 6) is 0.517. The standard InChI is InChI=1S/C18H17NO3/c1-21-17-9-6-14(7-10-17)8-11-18(20)22-13-16-5-3-2-4-15(16)12-19/h2-7,9-10H,8,11,13H2,1H3. The molecule has 0 saturated heterocycles. The van der Waals surface area contributed by atoms with E-state index in [1.807, 2.05) is 30.3 Å². The van der Waals surface area contributed by atoms with Gasteiger partial charge >= 0.3 is 5.97 Å². The summed E-state index contributed by atoms with van der Waals surface area (Å²) in [5, 5.41) is 8.98. The molecule has 0 aliphatic carbocycles. The van der Waals surface area contributed by atoms with Crippen molar-refractivity contribution in [2.75, 3.05) is 7.11 Å². The van der Waals surface area contributed by atoms with Gasteiger partial charge in [0.1, 0.15) is 12.4 Å². The van der Waals surface area contributed by atoms with Crippen LogP contribution in [0.1, 0.15) is 23.1 Å². The topological polar surface area (TPSA) is 59.3 Å². The van der Waals surface area contributed by atoms with Gasteiger partial charge in [-0.1, -0.05) is 30.3 Å². The van der Waals surface area contributed by atoms with Crippen molar-refractivity contribution in [2.24, 2.45) is 0 Å². The highest BCUT2D eigenvalue weighted by Gasteiger charge is 2.07. The van der Waals surface area contributed by atoms with Gasteiger partial charge in [0.15, 0.2) is 0 Å². The second kappa shape index (κ2) is 7.84. The fraction of sp³-hybridized carbons (Fsp3) is 0.222. The quantitative estimate of drug-likeness (QED) is 0.768. The van der Waals surface area contributed by atoms with Gasteiger partial charge in [0.2, 0.25) is 0 Å². The molecule has 0 unspecified atom stereocenters. The second-order valence-electron chi connectivity index (χ2n) is 4.78. The number of carbonyl (C=O) groups excluding carboxylic acids is 1. The van der Waals surface area contributed by atoms with Crippen LogP contribution < -0.4 is 4.74 Å². The third-order valence-corrected chi connectivity index (χ3v) is 3.30. The van der Waals surface area contributed by atoms with Crippen LogP contribution in [0.15, 0.2) is 48.5 Å². The summed E-state index contributed by atoms with van der Waals surface area (Å²) in [6.45, 7) is 0.130. The van der Waals surface area contributed by atoms with Crippen LogP contribution in [0.5, 0.6) is 5.75 Å². The highest BCUT2D eigenvalue weighted by atomic mass is 16.5. The number of ether oxygens (including phenoxy) is 2. The average Bonchev–Trinajstić information content (AvgIpc) is 2.58. The van der Waals surface area contributed by atoms with Crippen LogP contribution in [-0.2, 0) is 22.6 Å². The zero-order valence-corrected chi connectivity index (χ0v) is 12.4. The first-order valence-electron chi connectivity index (χ1n) is 6.99. The van der Waals surface area contributed by atoms with E-state index in [-0.39, 0.29) is 12.6 Å². The number of nitriles is 1. The van der Waals surface area contributed by atoms with Gasteiger partial charge in [-0.25, -0.2) is 0 Å². The highest BCUT2D eigenvalue weighted by Crippen LogP contribution is 2.13. The van der Waals surface area contributed by atoms with E-state index < -0.39 is 0 Å². The van der Waals surface area contributed by atoms with E-state index in [0.29, 0.717) is 18.4 Å². The van der Waals surface area contributed by atoms with Crippen molar-refractivity contribution in [1.82, 2.24) is 0 Å². The molecular weight excluding hydrogens is 278 g/mol. The number of hydrogen-bond acceptors (Lipinski definition) is 4. The molecule has 0 amide bonds. The molecule has 22 heavy (non-hydrogen) atoms. The Morgan fingerprint density at radius 1 is 1.14 bits per heavy atom. The summed E-state index contributed by atoms with van der Waals surface area (Å²) in [7, 11) is 1.62. The van der Waals surface area contributed by atoms with Crippen LogP contribution in [0.25, 0.3) is 0 Å². The Kier molecular flexibility index (Phi) is 5.56. The Hall–Kier alpha value is -2.80. The maximum absolute atomic E-state index is 11.8. The first kappa shape index (κ1) is 15.6. The summed E-state index contributed by atoms with van der Waals surface area (Å²) in [6, 6.07) is 16.8. The van der Waals surface area contributed by atoms with E-state index in [9.17, 15) is 4.79 Å². The molecule has 4 nitrogen and oxygen atoms in total. The molecular formula is C18H17NO3. The van der Waals surface area contributed by atoms with Gasteiger partial charge < -0.3 is 9.47 Å². The van der Waals surface area contributed by atoms with Crippen LogP contribution in [0.3, 0.4) is 0 Å². The first-order valence-corrected chi connectivity index (χ1v) is 6.99. The van der Waals surface area contributed by atoms with Gasteiger partial charge in [-0.2, -0.15) is 5.26 Å². The number of esters is 1. The lowest BCUT2D eigenvalue weighted by Crippen LogP contribution is -2.06. The molecule has 112 valence electrons. The van der Waals surface area contributed by atoms with Crippen LogP contribution >= 0.6 is 0 Å². The fourth-order valence-electron chi connectivity index (χ4n) is 2.02. The molecule has 0 atom stereocenters. The Labute approximate surface area is 129 Å². The zero-order valence-electron chi connectivity index (χ0n) is 12.4. The number of benzene rings is 2. The smallest absolute Gasteiger partial charge is 0.306 e. The maximum Gasteiger partial charge on any atom is 0.306 e. The van der Waals surface area contributed by atoms with E-state index in [0.717, 1.165) is 16.9 Å². The molecule has 0 spiro atoms. The number of methoxy groups -OCH3 is 1. The molecule has 2 rings (SSSR count). The van der Waals surface area contributed by atoms with Crippen LogP contribution in [0, 0.1) is 11.3 Å². The maximum atomic E-state index is 11.8. The van der Waals surface area contributed by atoms with E-state index in [2.05, 4.69) is 6.07 Å². The van der Waals surface area contributed by atoms with Crippen LogP contribution in [0.4, 0.5) is 0 Å². The molecule has 4 heteroatoms. The normalized spacial score (nSPS) is 9.82. The molecule has 0 radical (unpaired) electrons. The van der Waals surface area contributed by atoms with Gasteiger partial charge in [-0.15, -0.1) is 0 Å². The van der Waals surface area contributed by atoms with Crippen molar-refractivity contribution in [3.63, 3.8) is 0 Å². The van der Waals surface area contributed by atoms with E-state index in [4.69, 9.17) is 14.7 Å². The molecule has 0 bridgehead atoms. The van der Waals surface area contributed by atoms with Gasteiger partial charge in [-0.05, 0) is 30.2 Å². The first-order chi connectivity index (χ1) is 10.7. The van der Waals surface area contributed by atoms with Crippen molar-refractivity contribution < 1.29 is 14.3 Å². The molecule has 0 fully saturated rings. The lowest BCUT2D eigenvalue weighted by molar-refractivity contribution is -0.144. The highest BCUT2D eigenvalue weighted by molar-refractivity contribution is 5.69. The summed E-state index contributed by atoms with van der Waals surface area (Å²) in [4.78, 5) is 11.8. The Bertz CT molecular complexity index is 671. The molecule has 0 saturated carbocycles. The Balaban J connectivity index is 1.81. The lowest BCUT2D eigenvalue weighted by atomic mass is 10.1. The minimum atomic E-state index is -0.274. The van der Waals surface area contributed by atoms with Crippen molar-refractivity contribution >= 4 is 5.97 Å². The molecule has 2 aromatic rings. The zero-order chi connectivity index (χ0) is 15.8. The fourth-order valence-corrected chi connectivity index (χ4v) is 2.02. The molecule has 0 aliphatic rings. The van der Waals surface area contributed by atoms with Gasteiger partial charge in [0.05, 0.1) is 18.7 Å². The summed E-state index contributed by atoms with van der Waals surface area (Å²) < 4.78 is 10.3. The summed E-state index contributed by atoms with van der Waals surface area (Å²) >= 11 is 0. The third-order valence-electron chi connectivity index (χ3n) is 3.30. The van der Waals surface area contributed by atoms with Gasteiger partial charge in [-0.3, -0.25) is 4.79 Å². The molecule has 0 aromatic heterocycles. The number of rotatable bonds is 6. The van der Waals surface area contributed by atoms with Crippen LogP contribution in [-0.4, -0.2) is 13.1 Å². The average molecular weight is 295 g/mol. The van der Waals surface area contributed by atoms with Crippen LogP contribution in [0.2, 0.25) is 0 Å². The minimum Gasteiger partial charge on any atom is -0.497 e. The van der Waals surface area contributed by atoms with E-state index >= 15 is 0 Å².